The standard InChI is InChI=1S/C25H29N3O3/c1-4-12-31-24-18(6-5-7-23(24)30-3)15-26-28-25(29)17-9-11-22-20(14-17)19-13-16(2)8-10-21(19)27-22/h5-7,9,11,14-16,27H,4,8,10,12-13H2,1-3H3,(H,28,29)/b26-15-. The number of rotatable bonds is 7. The fourth-order valence-corrected chi connectivity index (χ4v) is 4.11. The molecule has 3 aromatic rings. The molecule has 1 heterocycles. The van der Waals surface area contributed by atoms with Crippen molar-refractivity contribution < 1.29 is 14.3 Å². The summed E-state index contributed by atoms with van der Waals surface area (Å²) in [5.41, 5.74) is 7.73. The number of hydrogen-bond acceptors (Lipinski definition) is 4. The predicted octanol–water partition coefficient (Wildman–Crippen LogP) is 4.85. The van der Waals surface area contributed by atoms with Crippen molar-refractivity contribution in [2.75, 3.05) is 13.7 Å². The van der Waals surface area contributed by atoms with Crippen LogP contribution in [0.5, 0.6) is 11.5 Å². The number of aromatic amines is 1. The summed E-state index contributed by atoms with van der Waals surface area (Å²) < 4.78 is 11.2. The summed E-state index contributed by atoms with van der Waals surface area (Å²) in [5.74, 6) is 1.69. The largest absolute Gasteiger partial charge is 0.493 e. The van der Waals surface area contributed by atoms with Crippen LogP contribution in [0.2, 0.25) is 0 Å². The Bertz CT molecular complexity index is 1120. The minimum atomic E-state index is -0.240. The van der Waals surface area contributed by atoms with Crippen LogP contribution in [0.3, 0.4) is 0 Å². The van der Waals surface area contributed by atoms with Crippen molar-refractivity contribution in [3.63, 3.8) is 0 Å². The van der Waals surface area contributed by atoms with Gasteiger partial charge in [-0.15, -0.1) is 0 Å². The summed E-state index contributed by atoms with van der Waals surface area (Å²) in [7, 11) is 1.60. The lowest BCUT2D eigenvalue weighted by atomic mass is 9.87. The first kappa shape index (κ1) is 21.0. The molecule has 31 heavy (non-hydrogen) atoms. The van der Waals surface area contributed by atoms with Gasteiger partial charge in [0.15, 0.2) is 11.5 Å². The molecule has 1 aliphatic carbocycles. The molecule has 2 N–H and O–H groups in total. The van der Waals surface area contributed by atoms with Gasteiger partial charge in [0.2, 0.25) is 0 Å². The smallest absolute Gasteiger partial charge is 0.271 e. The number of nitrogens with one attached hydrogen (secondary N) is 2. The molecular weight excluding hydrogens is 390 g/mol. The number of benzene rings is 2. The van der Waals surface area contributed by atoms with Crippen molar-refractivity contribution in [2.45, 2.75) is 39.5 Å². The molecule has 0 spiro atoms. The zero-order valence-corrected chi connectivity index (χ0v) is 18.3. The number of amides is 1. The van der Waals surface area contributed by atoms with Crippen LogP contribution in [0.1, 0.15) is 53.9 Å². The highest BCUT2D eigenvalue weighted by Gasteiger charge is 2.20. The van der Waals surface area contributed by atoms with Crippen molar-refractivity contribution in [3.8, 4) is 11.5 Å². The molecule has 6 nitrogen and oxygen atoms in total. The van der Waals surface area contributed by atoms with Gasteiger partial charge in [-0.05, 0) is 67.5 Å². The first-order valence-electron chi connectivity index (χ1n) is 10.9. The van der Waals surface area contributed by atoms with Crippen molar-refractivity contribution in [1.82, 2.24) is 10.4 Å². The molecule has 6 heteroatoms. The van der Waals surface area contributed by atoms with Gasteiger partial charge in [-0.2, -0.15) is 5.10 Å². The van der Waals surface area contributed by atoms with E-state index in [2.05, 4.69) is 22.4 Å². The molecule has 0 saturated heterocycles. The summed E-state index contributed by atoms with van der Waals surface area (Å²) in [6.45, 7) is 4.90. The van der Waals surface area contributed by atoms with E-state index in [0.29, 0.717) is 29.6 Å². The normalized spacial score (nSPS) is 15.8. The van der Waals surface area contributed by atoms with E-state index >= 15 is 0 Å². The Morgan fingerprint density at radius 2 is 2.19 bits per heavy atom. The van der Waals surface area contributed by atoms with Crippen LogP contribution in [0.15, 0.2) is 41.5 Å². The maximum Gasteiger partial charge on any atom is 0.271 e. The third-order valence-corrected chi connectivity index (χ3v) is 5.75. The zero-order valence-electron chi connectivity index (χ0n) is 18.3. The van der Waals surface area contributed by atoms with Crippen LogP contribution in [0.4, 0.5) is 0 Å². The second-order valence-corrected chi connectivity index (χ2v) is 8.12. The number of carbonyl (C=O) groups is 1. The Kier molecular flexibility index (Phi) is 6.26. The summed E-state index contributed by atoms with van der Waals surface area (Å²) in [4.78, 5) is 16.2. The second kappa shape index (κ2) is 9.25. The first-order chi connectivity index (χ1) is 15.1. The van der Waals surface area contributed by atoms with Crippen LogP contribution < -0.4 is 14.9 Å². The van der Waals surface area contributed by atoms with E-state index in [1.165, 1.54) is 17.7 Å². The van der Waals surface area contributed by atoms with E-state index in [-0.39, 0.29) is 5.91 Å². The molecule has 0 fully saturated rings. The predicted molar refractivity (Wildman–Crippen MR) is 123 cm³/mol. The minimum absolute atomic E-state index is 0.240. The van der Waals surface area contributed by atoms with E-state index in [9.17, 15) is 4.79 Å². The Morgan fingerprint density at radius 1 is 1.32 bits per heavy atom. The molecule has 0 bridgehead atoms. The molecule has 0 saturated carbocycles. The fourth-order valence-electron chi connectivity index (χ4n) is 4.11. The number of hydrogen-bond donors (Lipinski definition) is 2. The highest BCUT2D eigenvalue weighted by atomic mass is 16.5. The summed E-state index contributed by atoms with van der Waals surface area (Å²) >= 11 is 0. The highest BCUT2D eigenvalue weighted by Crippen LogP contribution is 2.32. The number of para-hydroxylation sites is 1. The summed E-state index contributed by atoms with van der Waals surface area (Å²) in [6, 6.07) is 11.4. The van der Waals surface area contributed by atoms with Crippen molar-refractivity contribution in [3.05, 3.63) is 58.8 Å². The molecule has 2 aromatic carbocycles. The number of H-pyrrole nitrogens is 1. The summed E-state index contributed by atoms with van der Waals surface area (Å²) in [5, 5.41) is 5.30. The van der Waals surface area contributed by atoms with Crippen LogP contribution in [-0.2, 0) is 12.8 Å². The zero-order chi connectivity index (χ0) is 21.8. The van der Waals surface area contributed by atoms with Gasteiger partial charge in [0.1, 0.15) is 0 Å². The number of aromatic nitrogens is 1. The quantitative estimate of drug-likeness (QED) is 0.424. The van der Waals surface area contributed by atoms with Crippen molar-refractivity contribution >= 4 is 23.0 Å². The van der Waals surface area contributed by atoms with E-state index < -0.39 is 0 Å². The van der Waals surface area contributed by atoms with E-state index in [4.69, 9.17) is 9.47 Å². The van der Waals surface area contributed by atoms with Crippen LogP contribution in [0.25, 0.3) is 10.9 Å². The Labute approximate surface area is 182 Å². The molecule has 1 unspecified atom stereocenters. The van der Waals surface area contributed by atoms with Gasteiger partial charge in [0, 0.05) is 27.7 Å². The molecule has 1 atom stereocenters. The van der Waals surface area contributed by atoms with E-state index in [1.807, 2.05) is 43.3 Å². The van der Waals surface area contributed by atoms with Gasteiger partial charge in [-0.3, -0.25) is 4.79 Å². The maximum atomic E-state index is 12.7. The number of fused-ring (bicyclic) bond motifs is 3. The Hall–Kier alpha value is -3.28. The maximum absolute atomic E-state index is 12.7. The monoisotopic (exact) mass is 419 g/mol. The van der Waals surface area contributed by atoms with Crippen molar-refractivity contribution in [2.24, 2.45) is 11.0 Å². The number of aryl methyl sites for hydroxylation is 1. The molecule has 1 aliphatic rings. The van der Waals surface area contributed by atoms with Crippen molar-refractivity contribution in [1.29, 1.82) is 0 Å². The average Bonchev–Trinajstić information content (AvgIpc) is 3.14. The second-order valence-electron chi connectivity index (χ2n) is 8.12. The molecule has 4 rings (SSSR count). The fraction of sp³-hybridized carbons (Fsp3) is 0.360. The van der Waals surface area contributed by atoms with Gasteiger partial charge in [0.05, 0.1) is 19.9 Å². The number of carbonyl (C=O) groups excluding carboxylic acids is 1. The number of ether oxygens (including phenoxy) is 2. The SMILES string of the molecule is CCCOc1c(/C=N\NC(=O)c2ccc3[nH]c4c(c3c2)CC(C)CC4)cccc1OC. The third-order valence-electron chi connectivity index (χ3n) is 5.75. The van der Waals surface area contributed by atoms with Gasteiger partial charge in [-0.1, -0.05) is 19.9 Å². The number of methoxy groups -OCH3 is 1. The molecule has 0 radical (unpaired) electrons. The van der Waals surface area contributed by atoms with E-state index in [1.54, 1.807) is 13.3 Å². The van der Waals surface area contributed by atoms with Gasteiger partial charge in [-0.25, -0.2) is 5.43 Å². The Balaban J connectivity index is 1.52. The molecule has 1 aromatic heterocycles. The Morgan fingerprint density at radius 3 is 3.00 bits per heavy atom. The van der Waals surface area contributed by atoms with Gasteiger partial charge < -0.3 is 14.5 Å². The van der Waals surface area contributed by atoms with Gasteiger partial charge in [0.25, 0.3) is 5.91 Å². The average molecular weight is 420 g/mol. The summed E-state index contributed by atoms with van der Waals surface area (Å²) in [6.07, 6.45) is 5.80. The minimum Gasteiger partial charge on any atom is -0.493 e. The number of nitrogens with zero attached hydrogens (tertiary/aromatic N) is 1. The number of hydrazone groups is 1. The lowest BCUT2D eigenvalue weighted by Gasteiger charge is -2.18. The highest BCUT2D eigenvalue weighted by molar-refractivity contribution is 5.99. The molecular formula is C25H29N3O3. The lowest BCUT2D eigenvalue weighted by molar-refractivity contribution is 0.0955. The third kappa shape index (κ3) is 4.43. The van der Waals surface area contributed by atoms with Crippen LogP contribution in [0, 0.1) is 5.92 Å². The molecule has 0 aliphatic heterocycles. The van der Waals surface area contributed by atoms with Crippen LogP contribution >= 0.6 is 0 Å². The van der Waals surface area contributed by atoms with Gasteiger partial charge >= 0.3 is 0 Å². The molecule has 1 amide bonds. The molecule has 162 valence electrons. The van der Waals surface area contributed by atoms with E-state index in [0.717, 1.165) is 35.7 Å². The topological polar surface area (TPSA) is 75.7 Å². The lowest BCUT2D eigenvalue weighted by Crippen LogP contribution is -2.17. The first-order valence-corrected chi connectivity index (χ1v) is 10.9. The van der Waals surface area contributed by atoms with Crippen LogP contribution in [-0.4, -0.2) is 30.8 Å².